The van der Waals surface area contributed by atoms with Crippen molar-refractivity contribution >= 4 is 5.69 Å². The molecule has 2 nitrogen and oxygen atoms in total. The summed E-state index contributed by atoms with van der Waals surface area (Å²) in [5, 5.41) is 3.47. The highest BCUT2D eigenvalue weighted by Gasteiger charge is 2.21. The van der Waals surface area contributed by atoms with Crippen molar-refractivity contribution in [3.05, 3.63) is 29.6 Å². The number of nitrogens with one attached hydrogen (secondary N) is 1. The van der Waals surface area contributed by atoms with E-state index in [1.54, 1.807) is 12.1 Å². The standard InChI is InChI=1S/C14H21FN2/c1-3-16-12-7-9-17(10-8-12)14-11(2)5-4-6-13(14)15/h4-6,12,16H,3,7-10H2,1-2H3. The molecule has 1 aromatic carbocycles. The molecule has 0 saturated carbocycles. The number of rotatable bonds is 3. The minimum Gasteiger partial charge on any atom is -0.369 e. The summed E-state index contributed by atoms with van der Waals surface area (Å²) in [5.74, 6) is -0.0908. The van der Waals surface area contributed by atoms with Gasteiger partial charge in [-0.15, -0.1) is 0 Å². The summed E-state index contributed by atoms with van der Waals surface area (Å²) in [7, 11) is 0. The monoisotopic (exact) mass is 236 g/mol. The molecular formula is C14H21FN2. The van der Waals surface area contributed by atoms with E-state index in [9.17, 15) is 4.39 Å². The van der Waals surface area contributed by atoms with Crippen LogP contribution in [-0.4, -0.2) is 25.7 Å². The van der Waals surface area contributed by atoms with Gasteiger partial charge >= 0.3 is 0 Å². The molecule has 0 spiro atoms. The van der Waals surface area contributed by atoms with Crippen molar-refractivity contribution in [1.82, 2.24) is 5.32 Å². The maximum atomic E-state index is 13.8. The Labute approximate surface area is 103 Å². The second kappa shape index (κ2) is 5.50. The molecule has 0 unspecified atom stereocenters. The SMILES string of the molecule is CCNC1CCN(c2c(C)cccc2F)CC1. The van der Waals surface area contributed by atoms with Gasteiger partial charge < -0.3 is 10.2 Å². The molecule has 3 heteroatoms. The summed E-state index contributed by atoms with van der Waals surface area (Å²) in [6.45, 7) is 7.02. The van der Waals surface area contributed by atoms with Crippen LogP contribution in [0.5, 0.6) is 0 Å². The number of anilines is 1. The summed E-state index contributed by atoms with van der Waals surface area (Å²) in [6, 6.07) is 5.91. The second-order valence-corrected chi connectivity index (χ2v) is 4.72. The molecule has 0 aromatic heterocycles. The zero-order valence-electron chi connectivity index (χ0n) is 10.7. The number of piperidine rings is 1. The van der Waals surface area contributed by atoms with Crippen LogP contribution in [0.3, 0.4) is 0 Å². The van der Waals surface area contributed by atoms with Crippen molar-refractivity contribution in [3.8, 4) is 0 Å². The molecule has 0 radical (unpaired) electrons. The molecule has 94 valence electrons. The van der Waals surface area contributed by atoms with E-state index in [1.165, 1.54) is 0 Å². The van der Waals surface area contributed by atoms with Gasteiger partial charge in [-0.05, 0) is 37.9 Å². The van der Waals surface area contributed by atoms with E-state index in [0.29, 0.717) is 6.04 Å². The third-order valence-electron chi connectivity index (χ3n) is 3.49. The van der Waals surface area contributed by atoms with Gasteiger partial charge in [0, 0.05) is 19.1 Å². The van der Waals surface area contributed by atoms with E-state index in [-0.39, 0.29) is 5.82 Å². The van der Waals surface area contributed by atoms with Crippen LogP contribution >= 0.6 is 0 Å². The number of nitrogens with zero attached hydrogens (tertiary/aromatic N) is 1. The Hall–Kier alpha value is -1.09. The molecule has 1 aliphatic rings. The van der Waals surface area contributed by atoms with Gasteiger partial charge in [0.15, 0.2) is 0 Å². The Morgan fingerprint density at radius 3 is 2.65 bits per heavy atom. The van der Waals surface area contributed by atoms with Crippen LogP contribution in [0.4, 0.5) is 10.1 Å². The third-order valence-corrected chi connectivity index (χ3v) is 3.49. The van der Waals surface area contributed by atoms with E-state index < -0.39 is 0 Å². The summed E-state index contributed by atoms with van der Waals surface area (Å²) in [6.07, 6.45) is 2.20. The second-order valence-electron chi connectivity index (χ2n) is 4.72. The molecule has 17 heavy (non-hydrogen) atoms. The molecule has 2 rings (SSSR count). The highest BCUT2D eigenvalue weighted by atomic mass is 19.1. The topological polar surface area (TPSA) is 15.3 Å². The molecule has 0 aliphatic carbocycles. The summed E-state index contributed by atoms with van der Waals surface area (Å²) in [4.78, 5) is 2.18. The van der Waals surface area contributed by atoms with Crippen LogP contribution in [0.1, 0.15) is 25.3 Å². The molecular weight excluding hydrogens is 215 g/mol. The van der Waals surface area contributed by atoms with Gasteiger partial charge in [-0.25, -0.2) is 4.39 Å². The Kier molecular flexibility index (Phi) is 4.00. The largest absolute Gasteiger partial charge is 0.369 e. The highest BCUT2D eigenvalue weighted by molar-refractivity contribution is 5.54. The van der Waals surface area contributed by atoms with Crippen LogP contribution < -0.4 is 10.2 Å². The molecule has 1 saturated heterocycles. The van der Waals surface area contributed by atoms with Crippen molar-refractivity contribution < 1.29 is 4.39 Å². The normalized spacial score (nSPS) is 17.5. The first-order chi connectivity index (χ1) is 8.22. The predicted octanol–water partition coefficient (Wildman–Crippen LogP) is 2.71. The average molecular weight is 236 g/mol. The van der Waals surface area contributed by atoms with Crippen molar-refractivity contribution in [2.75, 3.05) is 24.5 Å². The number of halogens is 1. The van der Waals surface area contributed by atoms with Gasteiger partial charge in [0.1, 0.15) is 5.82 Å². The Bertz CT molecular complexity index is 350. The van der Waals surface area contributed by atoms with Crippen LogP contribution in [0.2, 0.25) is 0 Å². The van der Waals surface area contributed by atoms with Crippen molar-refractivity contribution in [1.29, 1.82) is 0 Å². The Morgan fingerprint density at radius 2 is 2.06 bits per heavy atom. The fourth-order valence-corrected chi connectivity index (χ4v) is 2.62. The zero-order chi connectivity index (χ0) is 12.3. The highest BCUT2D eigenvalue weighted by Crippen LogP contribution is 2.26. The van der Waals surface area contributed by atoms with E-state index in [4.69, 9.17) is 0 Å². The number of aryl methyl sites for hydroxylation is 1. The molecule has 1 heterocycles. The summed E-state index contributed by atoms with van der Waals surface area (Å²) < 4.78 is 13.8. The van der Waals surface area contributed by atoms with Gasteiger partial charge in [-0.2, -0.15) is 0 Å². The van der Waals surface area contributed by atoms with E-state index in [0.717, 1.165) is 43.7 Å². The van der Waals surface area contributed by atoms with E-state index in [1.807, 2.05) is 13.0 Å². The lowest BCUT2D eigenvalue weighted by Crippen LogP contribution is -2.43. The van der Waals surface area contributed by atoms with Gasteiger partial charge in [-0.3, -0.25) is 0 Å². The first-order valence-corrected chi connectivity index (χ1v) is 6.45. The molecule has 0 amide bonds. The lowest BCUT2D eigenvalue weighted by Gasteiger charge is -2.34. The van der Waals surface area contributed by atoms with Crippen LogP contribution in [0.25, 0.3) is 0 Å². The maximum absolute atomic E-state index is 13.8. The molecule has 1 aromatic rings. The Morgan fingerprint density at radius 1 is 1.35 bits per heavy atom. The van der Waals surface area contributed by atoms with Crippen molar-refractivity contribution in [2.45, 2.75) is 32.7 Å². The zero-order valence-corrected chi connectivity index (χ0v) is 10.7. The smallest absolute Gasteiger partial charge is 0.146 e. The average Bonchev–Trinajstić information content (AvgIpc) is 2.31. The molecule has 0 bridgehead atoms. The van der Waals surface area contributed by atoms with Crippen LogP contribution in [0.15, 0.2) is 18.2 Å². The molecule has 1 aliphatic heterocycles. The fourth-order valence-electron chi connectivity index (χ4n) is 2.62. The quantitative estimate of drug-likeness (QED) is 0.868. The van der Waals surface area contributed by atoms with E-state index >= 15 is 0 Å². The summed E-state index contributed by atoms with van der Waals surface area (Å²) in [5.41, 5.74) is 1.83. The molecule has 1 fully saturated rings. The molecule has 1 N–H and O–H groups in total. The summed E-state index contributed by atoms with van der Waals surface area (Å²) >= 11 is 0. The minimum absolute atomic E-state index is 0.0908. The number of benzene rings is 1. The van der Waals surface area contributed by atoms with Gasteiger partial charge in [0.05, 0.1) is 5.69 Å². The van der Waals surface area contributed by atoms with Gasteiger partial charge in [0.25, 0.3) is 0 Å². The lowest BCUT2D eigenvalue weighted by molar-refractivity contribution is 0.421. The number of para-hydroxylation sites is 1. The van der Waals surface area contributed by atoms with Crippen LogP contribution in [-0.2, 0) is 0 Å². The fraction of sp³-hybridized carbons (Fsp3) is 0.571. The molecule has 0 atom stereocenters. The maximum Gasteiger partial charge on any atom is 0.146 e. The van der Waals surface area contributed by atoms with Crippen LogP contribution in [0, 0.1) is 12.7 Å². The predicted molar refractivity (Wildman–Crippen MR) is 70.0 cm³/mol. The van der Waals surface area contributed by atoms with E-state index in [2.05, 4.69) is 17.1 Å². The minimum atomic E-state index is -0.0908. The lowest BCUT2D eigenvalue weighted by atomic mass is 10.0. The first kappa shape index (κ1) is 12.4. The van der Waals surface area contributed by atoms with Crippen molar-refractivity contribution in [3.63, 3.8) is 0 Å². The van der Waals surface area contributed by atoms with Gasteiger partial charge in [-0.1, -0.05) is 19.1 Å². The van der Waals surface area contributed by atoms with Gasteiger partial charge in [0.2, 0.25) is 0 Å². The first-order valence-electron chi connectivity index (χ1n) is 6.45. The Balaban J connectivity index is 2.05. The number of hydrogen-bond acceptors (Lipinski definition) is 2. The number of hydrogen-bond donors (Lipinski definition) is 1. The third kappa shape index (κ3) is 2.78. The van der Waals surface area contributed by atoms with Crippen molar-refractivity contribution in [2.24, 2.45) is 0 Å².